The van der Waals surface area contributed by atoms with Gasteiger partial charge in [0.2, 0.25) is 5.91 Å². The minimum atomic E-state index is -3.03. The molecular formula is C12H15ClN4O4S2. The molecule has 23 heavy (non-hydrogen) atoms. The topological polar surface area (TPSA) is 118 Å². The van der Waals surface area contributed by atoms with Gasteiger partial charge in [-0.05, 0) is 18.6 Å². The van der Waals surface area contributed by atoms with Crippen molar-refractivity contribution in [3.8, 4) is 0 Å². The number of hydrogen-bond donors (Lipinski definition) is 2. The van der Waals surface area contributed by atoms with E-state index in [1.54, 1.807) is 6.26 Å². The maximum Gasteiger partial charge on any atom is 0.289 e. The average Bonchev–Trinajstić information content (AvgIpc) is 2.84. The molecule has 0 radical (unpaired) electrons. The standard InChI is InChI=1S/C12H15ClN4O4S2/c1-22-12-14-5-8(13)10(15-12)11(19)17-16-9(18)4-7-2-3-23(20,21)6-7/h5,7H,2-4,6H2,1H3,(H,16,18)(H,17,19). The molecule has 1 atom stereocenters. The second-order valence-electron chi connectivity index (χ2n) is 5.03. The number of nitrogens with zero attached hydrogens (tertiary/aromatic N) is 2. The van der Waals surface area contributed by atoms with Crippen LogP contribution in [0.4, 0.5) is 0 Å². The van der Waals surface area contributed by atoms with Gasteiger partial charge in [-0.15, -0.1) is 0 Å². The normalized spacial score (nSPS) is 19.3. The summed E-state index contributed by atoms with van der Waals surface area (Å²) in [5.41, 5.74) is 4.41. The summed E-state index contributed by atoms with van der Waals surface area (Å²) in [6.45, 7) is 0. The van der Waals surface area contributed by atoms with Crippen molar-refractivity contribution < 1.29 is 18.0 Å². The summed E-state index contributed by atoms with van der Waals surface area (Å²) in [6.07, 6.45) is 3.55. The number of thioether (sulfide) groups is 1. The van der Waals surface area contributed by atoms with Crippen molar-refractivity contribution in [2.45, 2.75) is 18.0 Å². The number of halogens is 1. The molecule has 1 aromatic heterocycles. The molecule has 0 aromatic carbocycles. The molecule has 0 saturated carbocycles. The largest absolute Gasteiger partial charge is 0.289 e. The lowest BCUT2D eigenvalue weighted by Gasteiger charge is -2.10. The minimum Gasteiger partial charge on any atom is -0.273 e. The Labute approximate surface area is 142 Å². The van der Waals surface area contributed by atoms with Gasteiger partial charge in [0, 0.05) is 6.42 Å². The van der Waals surface area contributed by atoms with Gasteiger partial charge in [-0.1, -0.05) is 23.4 Å². The van der Waals surface area contributed by atoms with Gasteiger partial charge in [0.05, 0.1) is 22.7 Å². The molecule has 2 amide bonds. The predicted octanol–water partition coefficient (Wildman–Crippen LogP) is 0.438. The van der Waals surface area contributed by atoms with Gasteiger partial charge in [-0.2, -0.15) is 0 Å². The van der Waals surface area contributed by atoms with Crippen LogP contribution in [-0.4, -0.2) is 48.0 Å². The molecule has 1 aromatic rings. The van der Waals surface area contributed by atoms with Crippen LogP contribution >= 0.6 is 23.4 Å². The summed E-state index contributed by atoms with van der Waals surface area (Å²) in [4.78, 5) is 31.6. The van der Waals surface area contributed by atoms with Gasteiger partial charge in [0.15, 0.2) is 20.7 Å². The quantitative estimate of drug-likeness (QED) is 0.443. The number of carbonyl (C=O) groups excluding carboxylic acids is 2. The number of hydrazine groups is 1. The van der Waals surface area contributed by atoms with Crippen LogP contribution in [0.25, 0.3) is 0 Å². The molecule has 8 nitrogen and oxygen atoms in total. The fourth-order valence-corrected chi connectivity index (χ4v) is 4.52. The summed E-state index contributed by atoms with van der Waals surface area (Å²) < 4.78 is 22.7. The van der Waals surface area contributed by atoms with Gasteiger partial charge in [0.25, 0.3) is 5.91 Å². The van der Waals surface area contributed by atoms with Crippen LogP contribution in [0, 0.1) is 5.92 Å². The lowest BCUT2D eigenvalue weighted by Crippen LogP contribution is -2.42. The van der Waals surface area contributed by atoms with E-state index in [9.17, 15) is 18.0 Å². The first-order valence-electron chi connectivity index (χ1n) is 6.67. The molecule has 1 saturated heterocycles. The van der Waals surface area contributed by atoms with E-state index in [2.05, 4.69) is 20.8 Å². The van der Waals surface area contributed by atoms with E-state index in [-0.39, 0.29) is 34.6 Å². The highest BCUT2D eigenvalue weighted by molar-refractivity contribution is 7.98. The molecule has 1 fully saturated rings. The van der Waals surface area contributed by atoms with E-state index in [0.29, 0.717) is 11.6 Å². The first-order chi connectivity index (χ1) is 10.8. The maximum absolute atomic E-state index is 12.0. The van der Waals surface area contributed by atoms with Crippen LogP contribution in [0.15, 0.2) is 11.4 Å². The second-order valence-corrected chi connectivity index (χ2v) is 8.44. The number of nitrogens with one attached hydrogen (secondary N) is 2. The van der Waals surface area contributed by atoms with Crippen molar-refractivity contribution in [1.82, 2.24) is 20.8 Å². The molecule has 2 N–H and O–H groups in total. The summed E-state index contributed by atoms with van der Waals surface area (Å²) in [5, 5.41) is 0.443. The molecule has 0 aliphatic carbocycles. The summed E-state index contributed by atoms with van der Waals surface area (Å²) in [6, 6.07) is 0. The SMILES string of the molecule is CSc1ncc(Cl)c(C(=O)NNC(=O)CC2CCS(=O)(=O)C2)n1. The van der Waals surface area contributed by atoms with Crippen molar-refractivity contribution in [2.75, 3.05) is 17.8 Å². The lowest BCUT2D eigenvalue weighted by atomic mass is 10.1. The molecule has 2 rings (SSSR count). The molecule has 126 valence electrons. The Morgan fingerprint density at radius 1 is 1.43 bits per heavy atom. The molecular weight excluding hydrogens is 364 g/mol. The molecule has 11 heteroatoms. The van der Waals surface area contributed by atoms with Crippen LogP contribution < -0.4 is 10.9 Å². The fraction of sp³-hybridized carbons (Fsp3) is 0.500. The Bertz CT molecular complexity index is 726. The second kappa shape index (κ2) is 7.45. The van der Waals surface area contributed by atoms with Crippen molar-refractivity contribution >= 4 is 45.0 Å². The van der Waals surface area contributed by atoms with Crippen molar-refractivity contribution in [3.63, 3.8) is 0 Å². The molecule has 1 aliphatic rings. The first-order valence-corrected chi connectivity index (χ1v) is 10.1. The highest BCUT2D eigenvalue weighted by Gasteiger charge is 2.29. The number of carbonyl (C=O) groups is 2. The van der Waals surface area contributed by atoms with Gasteiger partial charge in [-0.3, -0.25) is 20.4 Å². The van der Waals surface area contributed by atoms with Gasteiger partial charge in [0.1, 0.15) is 0 Å². The summed E-state index contributed by atoms with van der Waals surface area (Å²) in [7, 11) is -3.03. The van der Waals surface area contributed by atoms with E-state index in [1.165, 1.54) is 18.0 Å². The molecule has 1 aliphatic heterocycles. The maximum atomic E-state index is 12.0. The Hall–Kier alpha value is -1.39. The van der Waals surface area contributed by atoms with Crippen LogP contribution in [0.5, 0.6) is 0 Å². The molecule has 2 heterocycles. The fourth-order valence-electron chi connectivity index (χ4n) is 2.14. The Morgan fingerprint density at radius 3 is 2.78 bits per heavy atom. The van der Waals surface area contributed by atoms with Crippen LogP contribution in [0.3, 0.4) is 0 Å². The van der Waals surface area contributed by atoms with Crippen molar-refractivity contribution in [2.24, 2.45) is 5.92 Å². The van der Waals surface area contributed by atoms with Gasteiger partial charge in [-0.25, -0.2) is 18.4 Å². The predicted molar refractivity (Wildman–Crippen MR) is 85.8 cm³/mol. The third kappa shape index (κ3) is 5.05. The number of amides is 2. The monoisotopic (exact) mass is 378 g/mol. The lowest BCUT2D eigenvalue weighted by molar-refractivity contribution is -0.122. The molecule has 1 unspecified atom stereocenters. The van der Waals surface area contributed by atoms with E-state index >= 15 is 0 Å². The summed E-state index contributed by atoms with van der Waals surface area (Å²) >= 11 is 7.11. The van der Waals surface area contributed by atoms with Crippen LogP contribution in [-0.2, 0) is 14.6 Å². The van der Waals surface area contributed by atoms with Crippen molar-refractivity contribution in [1.29, 1.82) is 0 Å². The van der Waals surface area contributed by atoms with E-state index in [4.69, 9.17) is 11.6 Å². The Balaban J connectivity index is 1.88. The third-order valence-electron chi connectivity index (χ3n) is 3.24. The van der Waals surface area contributed by atoms with Gasteiger partial charge >= 0.3 is 0 Å². The number of rotatable bonds is 4. The highest BCUT2D eigenvalue weighted by Crippen LogP contribution is 2.21. The Morgan fingerprint density at radius 2 is 2.17 bits per heavy atom. The van der Waals surface area contributed by atoms with E-state index in [1.807, 2.05) is 0 Å². The van der Waals surface area contributed by atoms with Crippen molar-refractivity contribution in [3.05, 3.63) is 16.9 Å². The third-order valence-corrected chi connectivity index (χ3v) is 5.91. The first kappa shape index (κ1) is 18.0. The Kier molecular flexibility index (Phi) is 5.82. The smallest absolute Gasteiger partial charge is 0.273 e. The van der Waals surface area contributed by atoms with E-state index < -0.39 is 21.7 Å². The number of sulfone groups is 1. The number of aromatic nitrogens is 2. The number of hydrogen-bond acceptors (Lipinski definition) is 7. The average molecular weight is 379 g/mol. The molecule has 0 bridgehead atoms. The molecule has 0 spiro atoms. The van der Waals surface area contributed by atoms with Crippen LogP contribution in [0.2, 0.25) is 5.02 Å². The zero-order chi connectivity index (χ0) is 17.0. The van der Waals surface area contributed by atoms with E-state index in [0.717, 1.165) is 0 Å². The van der Waals surface area contributed by atoms with Crippen LogP contribution in [0.1, 0.15) is 23.3 Å². The zero-order valence-electron chi connectivity index (χ0n) is 12.2. The minimum absolute atomic E-state index is 0.00316. The zero-order valence-corrected chi connectivity index (χ0v) is 14.6. The van der Waals surface area contributed by atoms with Gasteiger partial charge < -0.3 is 0 Å². The summed E-state index contributed by atoms with van der Waals surface area (Å²) in [5.74, 6) is -1.24. The highest BCUT2D eigenvalue weighted by atomic mass is 35.5.